The summed E-state index contributed by atoms with van der Waals surface area (Å²) < 4.78 is 34.7. The van der Waals surface area contributed by atoms with Gasteiger partial charge in [0.05, 0.1) is 24.0 Å². The topological polar surface area (TPSA) is 72.9 Å². The number of amides is 1. The normalized spacial score (nSPS) is 20.5. The summed E-state index contributed by atoms with van der Waals surface area (Å²) >= 11 is 0. The van der Waals surface area contributed by atoms with Gasteiger partial charge >= 0.3 is 0 Å². The lowest BCUT2D eigenvalue weighted by Gasteiger charge is -2.27. The molecule has 1 fully saturated rings. The standard InChI is InChI=1S/C23H29NO5S/c1-5-24(6-2)22(25)23(20-9-7-8-10-21(20)28-3)15-17(23)16-29-18-11-13-19(14-12-18)30(4,26)27/h7-14,17H,5-6,15-16H2,1-4H3/t17-,23-/m0/s1. The van der Waals surface area contributed by atoms with Gasteiger partial charge in [-0.05, 0) is 50.6 Å². The van der Waals surface area contributed by atoms with Gasteiger partial charge < -0.3 is 14.4 Å². The zero-order valence-electron chi connectivity index (χ0n) is 17.9. The molecule has 3 rings (SSSR count). The van der Waals surface area contributed by atoms with Crippen molar-refractivity contribution in [3.05, 3.63) is 54.1 Å². The summed E-state index contributed by atoms with van der Waals surface area (Å²) in [5.41, 5.74) is 0.233. The van der Waals surface area contributed by atoms with E-state index < -0.39 is 15.3 Å². The number of likely N-dealkylation sites (N-methyl/N-ethyl adjacent to an activating group) is 1. The molecule has 0 bridgehead atoms. The Morgan fingerprint density at radius 2 is 1.73 bits per heavy atom. The van der Waals surface area contributed by atoms with Gasteiger partial charge in [0, 0.05) is 30.8 Å². The summed E-state index contributed by atoms with van der Waals surface area (Å²) in [4.78, 5) is 15.6. The molecule has 2 aromatic rings. The number of benzene rings is 2. The lowest BCUT2D eigenvalue weighted by Crippen LogP contribution is -2.41. The van der Waals surface area contributed by atoms with Crippen molar-refractivity contribution in [1.82, 2.24) is 4.90 Å². The average Bonchev–Trinajstić information content (AvgIpc) is 3.48. The molecule has 0 aliphatic heterocycles. The van der Waals surface area contributed by atoms with Gasteiger partial charge in [-0.3, -0.25) is 4.79 Å². The molecule has 30 heavy (non-hydrogen) atoms. The molecule has 6 nitrogen and oxygen atoms in total. The second-order valence-corrected chi connectivity index (χ2v) is 9.62. The first-order valence-electron chi connectivity index (χ1n) is 10.1. The maximum absolute atomic E-state index is 13.5. The second kappa shape index (κ2) is 8.68. The van der Waals surface area contributed by atoms with Crippen molar-refractivity contribution in [3.8, 4) is 11.5 Å². The minimum absolute atomic E-state index is 0.0106. The number of nitrogens with zero attached hydrogens (tertiary/aromatic N) is 1. The zero-order chi connectivity index (χ0) is 21.9. The Balaban J connectivity index is 1.83. The van der Waals surface area contributed by atoms with Crippen LogP contribution in [0.1, 0.15) is 25.8 Å². The Kier molecular flexibility index (Phi) is 6.41. The monoisotopic (exact) mass is 431 g/mol. The van der Waals surface area contributed by atoms with Gasteiger partial charge in [0.15, 0.2) is 9.84 Å². The Morgan fingerprint density at radius 3 is 2.30 bits per heavy atom. The Bertz CT molecular complexity index is 999. The predicted octanol–water partition coefficient (Wildman–Crippen LogP) is 3.30. The smallest absolute Gasteiger partial charge is 0.233 e. The minimum atomic E-state index is -3.25. The molecule has 0 N–H and O–H groups in total. The molecule has 0 radical (unpaired) electrons. The van der Waals surface area contributed by atoms with Gasteiger partial charge in [0.25, 0.3) is 0 Å². The van der Waals surface area contributed by atoms with E-state index in [2.05, 4.69) is 0 Å². The lowest BCUT2D eigenvalue weighted by atomic mass is 9.90. The van der Waals surface area contributed by atoms with Crippen molar-refractivity contribution in [3.63, 3.8) is 0 Å². The largest absolute Gasteiger partial charge is 0.496 e. The molecule has 1 amide bonds. The summed E-state index contributed by atoms with van der Waals surface area (Å²) in [6.07, 6.45) is 1.86. The fourth-order valence-electron chi connectivity index (χ4n) is 4.02. The van der Waals surface area contributed by atoms with Crippen LogP contribution < -0.4 is 9.47 Å². The Morgan fingerprint density at radius 1 is 1.10 bits per heavy atom. The van der Waals surface area contributed by atoms with E-state index in [1.807, 2.05) is 43.0 Å². The molecule has 7 heteroatoms. The number of hydrogen-bond acceptors (Lipinski definition) is 5. The van der Waals surface area contributed by atoms with Gasteiger partial charge in [0.1, 0.15) is 11.5 Å². The van der Waals surface area contributed by atoms with Gasteiger partial charge in [-0.25, -0.2) is 8.42 Å². The Labute approximate surface area is 178 Å². The summed E-state index contributed by atoms with van der Waals surface area (Å²) in [5.74, 6) is 1.39. The van der Waals surface area contributed by atoms with E-state index in [1.54, 1.807) is 19.2 Å². The molecule has 2 aromatic carbocycles. The molecule has 0 aromatic heterocycles. The van der Waals surface area contributed by atoms with Crippen molar-refractivity contribution in [2.45, 2.75) is 30.6 Å². The lowest BCUT2D eigenvalue weighted by molar-refractivity contribution is -0.134. The first-order valence-corrected chi connectivity index (χ1v) is 12.0. The number of carbonyl (C=O) groups is 1. The van der Waals surface area contributed by atoms with E-state index in [4.69, 9.17) is 9.47 Å². The fourth-order valence-corrected chi connectivity index (χ4v) is 4.65. The van der Waals surface area contributed by atoms with E-state index >= 15 is 0 Å². The molecule has 162 valence electrons. The summed E-state index contributed by atoms with van der Waals surface area (Å²) in [6, 6.07) is 14.0. The van der Waals surface area contributed by atoms with Gasteiger partial charge in [-0.1, -0.05) is 18.2 Å². The molecule has 1 aliphatic rings. The summed E-state index contributed by atoms with van der Waals surface area (Å²) in [6.45, 7) is 5.62. The number of methoxy groups -OCH3 is 1. The minimum Gasteiger partial charge on any atom is -0.496 e. The van der Waals surface area contributed by atoms with Crippen LogP contribution in [0.15, 0.2) is 53.4 Å². The van der Waals surface area contributed by atoms with Gasteiger partial charge in [-0.15, -0.1) is 0 Å². The molecule has 0 unspecified atom stereocenters. The third-order valence-electron chi connectivity index (χ3n) is 5.83. The number of carbonyl (C=O) groups excluding carboxylic acids is 1. The molecule has 0 heterocycles. The van der Waals surface area contributed by atoms with Crippen LogP contribution in [-0.2, 0) is 20.0 Å². The molecule has 1 aliphatic carbocycles. The number of hydrogen-bond donors (Lipinski definition) is 0. The number of ether oxygens (including phenoxy) is 2. The van der Waals surface area contributed by atoms with Gasteiger partial charge in [0.2, 0.25) is 5.91 Å². The quantitative estimate of drug-likeness (QED) is 0.609. The van der Waals surface area contributed by atoms with E-state index in [0.29, 0.717) is 37.6 Å². The van der Waals surface area contributed by atoms with Crippen LogP contribution >= 0.6 is 0 Å². The van der Waals surface area contributed by atoms with E-state index in [-0.39, 0.29) is 16.7 Å². The molecule has 0 saturated heterocycles. The summed E-state index contributed by atoms with van der Waals surface area (Å²) in [5, 5.41) is 0. The highest BCUT2D eigenvalue weighted by Gasteiger charge is 2.63. The van der Waals surface area contributed by atoms with E-state index in [9.17, 15) is 13.2 Å². The number of rotatable bonds is 9. The van der Waals surface area contributed by atoms with Crippen LogP contribution in [0.5, 0.6) is 11.5 Å². The highest BCUT2D eigenvalue weighted by molar-refractivity contribution is 7.90. The van der Waals surface area contributed by atoms with Crippen molar-refractivity contribution in [2.75, 3.05) is 33.1 Å². The third kappa shape index (κ3) is 4.17. The zero-order valence-corrected chi connectivity index (χ0v) is 18.7. The predicted molar refractivity (Wildman–Crippen MR) is 116 cm³/mol. The second-order valence-electron chi connectivity index (χ2n) is 7.60. The van der Waals surface area contributed by atoms with Crippen molar-refractivity contribution < 1.29 is 22.7 Å². The van der Waals surface area contributed by atoms with Crippen molar-refractivity contribution in [2.24, 2.45) is 5.92 Å². The maximum atomic E-state index is 13.5. The number of para-hydroxylation sites is 1. The van der Waals surface area contributed by atoms with Crippen LogP contribution in [0.4, 0.5) is 0 Å². The fraction of sp³-hybridized carbons (Fsp3) is 0.435. The first-order chi connectivity index (χ1) is 14.3. The molecule has 0 spiro atoms. The highest BCUT2D eigenvalue weighted by atomic mass is 32.2. The van der Waals surface area contributed by atoms with Crippen LogP contribution in [0, 0.1) is 5.92 Å². The van der Waals surface area contributed by atoms with Crippen LogP contribution in [0.25, 0.3) is 0 Å². The summed E-state index contributed by atoms with van der Waals surface area (Å²) in [7, 11) is -1.63. The highest BCUT2D eigenvalue weighted by Crippen LogP contribution is 2.57. The maximum Gasteiger partial charge on any atom is 0.233 e. The number of sulfone groups is 1. The molecule has 2 atom stereocenters. The third-order valence-corrected chi connectivity index (χ3v) is 6.96. The van der Waals surface area contributed by atoms with Gasteiger partial charge in [-0.2, -0.15) is 0 Å². The average molecular weight is 432 g/mol. The van der Waals surface area contributed by atoms with Crippen molar-refractivity contribution in [1.29, 1.82) is 0 Å². The van der Waals surface area contributed by atoms with Crippen LogP contribution in [0.2, 0.25) is 0 Å². The molecular formula is C23H29NO5S. The first kappa shape index (κ1) is 22.2. The molecule has 1 saturated carbocycles. The molecular weight excluding hydrogens is 402 g/mol. The van der Waals surface area contributed by atoms with E-state index in [0.717, 1.165) is 5.56 Å². The van der Waals surface area contributed by atoms with Crippen molar-refractivity contribution >= 4 is 15.7 Å². The van der Waals surface area contributed by atoms with Crippen LogP contribution in [-0.4, -0.2) is 52.3 Å². The SMILES string of the molecule is CCN(CC)C(=O)[C@@]1(c2ccccc2OC)C[C@H]1COc1ccc(S(C)(=O)=O)cc1. The van der Waals surface area contributed by atoms with E-state index in [1.165, 1.54) is 18.4 Å². The van der Waals surface area contributed by atoms with Crippen LogP contribution in [0.3, 0.4) is 0 Å². The Hall–Kier alpha value is -2.54.